The summed E-state index contributed by atoms with van der Waals surface area (Å²) < 4.78 is 2.53. The molecule has 0 fully saturated rings. The summed E-state index contributed by atoms with van der Waals surface area (Å²) in [5.41, 5.74) is 10.0. The zero-order chi connectivity index (χ0) is 24.5. The highest BCUT2D eigenvalue weighted by Crippen LogP contribution is 2.51. The molecule has 0 amide bonds. The maximum Gasteiger partial charge on any atom is 0.0270 e. The minimum atomic E-state index is 1.22. The topological polar surface area (TPSA) is 0 Å². The molecule has 0 aliphatic rings. The van der Waals surface area contributed by atoms with E-state index in [1.54, 1.807) is 0 Å². The molecule has 0 atom stereocenters. The molecule has 0 N–H and O–H groups in total. The van der Waals surface area contributed by atoms with Crippen LogP contribution in [0.1, 0.15) is 0 Å². The first kappa shape index (κ1) is 23.4. The first-order valence-electron chi connectivity index (χ1n) is 11.9. The van der Waals surface area contributed by atoms with E-state index in [1.807, 2.05) is 0 Å². The molecule has 2 heteroatoms. The molecule has 0 aromatic heterocycles. The van der Waals surface area contributed by atoms with E-state index in [9.17, 15) is 0 Å². The van der Waals surface area contributed by atoms with Gasteiger partial charge in [0.15, 0.2) is 0 Å². The predicted octanol–water partition coefficient (Wildman–Crippen LogP) is 10.7. The van der Waals surface area contributed by atoms with Crippen molar-refractivity contribution in [1.29, 1.82) is 0 Å². The van der Waals surface area contributed by atoms with Gasteiger partial charge < -0.3 is 0 Å². The van der Waals surface area contributed by atoms with Crippen molar-refractivity contribution >= 4 is 56.0 Å². The summed E-state index contributed by atoms with van der Waals surface area (Å²) in [4.78, 5) is 0. The van der Waals surface area contributed by atoms with Crippen LogP contribution in [0.3, 0.4) is 0 Å². The number of hydrogen-bond donors (Lipinski definition) is 0. The van der Waals surface area contributed by atoms with Gasteiger partial charge in [0.05, 0.1) is 0 Å². The van der Waals surface area contributed by atoms with Gasteiger partial charge in [-0.1, -0.05) is 121 Å². The normalized spacial score (nSPS) is 11.1. The molecule has 172 valence electrons. The minimum Gasteiger partial charge on any atom is -0.0622 e. The Bertz CT molecular complexity index is 1530. The van der Waals surface area contributed by atoms with Gasteiger partial charge in [-0.2, -0.15) is 0 Å². The zero-order valence-corrected chi connectivity index (χ0v) is 23.8. The molecular formula is C34H22I2. The zero-order valence-electron chi connectivity index (χ0n) is 19.5. The lowest BCUT2D eigenvalue weighted by Gasteiger charge is -2.24. The smallest absolute Gasteiger partial charge is 0.0270 e. The lowest BCUT2D eigenvalue weighted by Crippen LogP contribution is -1.98. The van der Waals surface area contributed by atoms with E-state index < -0.39 is 0 Å². The molecule has 0 aliphatic heterocycles. The van der Waals surface area contributed by atoms with Crippen LogP contribution >= 0.6 is 45.2 Å². The first-order valence-corrected chi connectivity index (χ1v) is 14.1. The van der Waals surface area contributed by atoms with Gasteiger partial charge in [-0.3, -0.25) is 0 Å². The van der Waals surface area contributed by atoms with Crippen LogP contribution in [0.5, 0.6) is 0 Å². The van der Waals surface area contributed by atoms with Gasteiger partial charge in [0.2, 0.25) is 0 Å². The Morgan fingerprint density at radius 1 is 0.306 bits per heavy atom. The van der Waals surface area contributed by atoms with E-state index in [0.717, 1.165) is 0 Å². The second kappa shape index (κ2) is 10.2. The van der Waals surface area contributed by atoms with Gasteiger partial charge in [0.1, 0.15) is 0 Å². The lowest BCUT2D eigenvalue weighted by atomic mass is 9.79. The average Bonchev–Trinajstić information content (AvgIpc) is 2.94. The quantitative estimate of drug-likeness (QED) is 0.162. The largest absolute Gasteiger partial charge is 0.0622 e. The molecule has 6 aromatic carbocycles. The highest BCUT2D eigenvalue weighted by Gasteiger charge is 2.24. The SMILES string of the molecule is Ic1cc2c(-c3ccccc3)c(-c3ccccc3)c(-c3ccccc3)c(-c3ccccc3)c2cc1I. The molecule has 0 heterocycles. The monoisotopic (exact) mass is 684 g/mol. The van der Waals surface area contributed by atoms with Crippen LogP contribution in [-0.4, -0.2) is 0 Å². The van der Waals surface area contributed by atoms with Crippen molar-refractivity contribution in [3.05, 3.63) is 141 Å². The summed E-state index contributed by atoms with van der Waals surface area (Å²) in [6.07, 6.45) is 0. The van der Waals surface area contributed by atoms with Crippen LogP contribution in [0.4, 0.5) is 0 Å². The Morgan fingerprint density at radius 3 is 0.833 bits per heavy atom. The van der Waals surface area contributed by atoms with E-state index in [0.29, 0.717) is 0 Å². The van der Waals surface area contributed by atoms with Crippen LogP contribution in [-0.2, 0) is 0 Å². The van der Waals surface area contributed by atoms with Gasteiger partial charge in [0, 0.05) is 7.14 Å². The number of halogens is 2. The van der Waals surface area contributed by atoms with Crippen molar-refractivity contribution in [2.45, 2.75) is 0 Å². The summed E-state index contributed by atoms with van der Waals surface area (Å²) in [6, 6.07) is 48.2. The van der Waals surface area contributed by atoms with Gasteiger partial charge in [-0.25, -0.2) is 0 Å². The number of rotatable bonds is 4. The second-order valence-corrected chi connectivity index (χ2v) is 11.1. The van der Waals surface area contributed by atoms with Crippen LogP contribution < -0.4 is 0 Å². The van der Waals surface area contributed by atoms with Gasteiger partial charge in [-0.15, -0.1) is 0 Å². The Morgan fingerprint density at radius 2 is 0.556 bits per heavy atom. The summed E-state index contributed by atoms with van der Waals surface area (Å²) in [5.74, 6) is 0. The van der Waals surface area contributed by atoms with Crippen molar-refractivity contribution < 1.29 is 0 Å². The Kier molecular flexibility index (Phi) is 6.63. The molecule has 36 heavy (non-hydrogen) atoms. The van der Waals surface area contributed by atoms with E-state index in [-0.39, 0.29) is 0 Å². The molecule has 0 unspecified atom stereocenters. The maximum absolute atomic E-state index is 2.47. The number of fused-ring (bicyclic) bond motifs is 1. The van der Waals surface area contributed by atoms with Crippen molar-refractivity contribution in [3.8, 4) is 44.5 Å². The van der Waals surface area contributed by atoms with E-state index in [2.05, 4.69) is 179 Å². The highest BCUT2D eigenvalue weighted by atomic mass is 127. The predicted molar refractivity (Wildman–Crippen MR) is 171 cm³/mol. The molecule has 0 saturated heterocycles. The molecule has 0 radical (unpaired) electrons. The third kappa shape index (κ3) is 4.27. The van der Waals surface area contributed by atoms with E-state index >= 15 is 0 Å². The summed E-state index contributed by atoms with van der Waals surface area (Å²) in [5, 5.41) is 2.56. The molecule has 0 saturated carbocycles. The summed E-state index contributed by atoms with van der Waals surface area (Å²) >= 11 is 4.95. The summed E-state index contributed by atoms with van der Waals surface area (Å²) in [6.45, 7) is 0. The molecule has 0 spiro atoms. The molecule has 6 aromatic rings. The molecule has 0 nitrogen and oxygen atoms in total. The van der Waals surface area contributed by atoms with Crippen molar-refractivity contribution in [1.82, 2.24) is 0 Å². The Labute approximate surface area is 239 Å². The Hall–Kier alpha value is -2.96. The van der Waals surface area contributed by atoms with Gasteiger partial charge in [0.25, 0.3) is 0 Å². The minimum absolute atomic E-state index is 1.22. The van der Waals surface area contributed by atoms with Crippen LogP contribution in [0, 0.1) is 7.14 Å². The number of benzene rings is 6. The van der Waals surface area contributed by atoms with Crippen molar-refractivity contribution in [2.75, 3.05) is 0 Å². The van der Waals surface area contributed by atoms with Crippen molar-refractivity contribution in [2.24, 2.45) is 0 Å². The van der Waals surface area contributed by atoms with E-state index in [4.69, 9.17) is 0 Å². The fraction of sp³-hybridized carbons (Fsp3) is 0. The van der Waals surface area contributed by atoms with Gasteiger partial charge >= 0.3 is 0 Å². The fourth-order valence-corrected chi connectivity index (χ4v) is 6.01. The molecular weight excluding hydrogens is 662 g/mol. The van der Waals surface area contributed by atoms with Crippen LogP contribution in [0.15, 0.2) is 133 Å². The standard InChI is InChI=1S/C34H22I2/c35-29-21-27-28(22-30(29)36)32(24-15-7-2-8-16-24)34(26-19-11-4-12-20-26)33(25-17-9-3-10-18-25)31(27)23-13-5-1-6-14-23/h1-22H. The fourth-order valence-electron chi connectivity index (χ4n) is 5.08. The van der Waals surface area contributed by atoms with Gasteiger partial charge in [-0.05, 0) is 113 Å². The second-order valence-electron chi connectivity index (χ2n) is 8.78. The maximum atomic E-state index is 2.47. The third-order valence-electron chi connectivity index (χ3n) is 6.60. The molecule has 0 bridgehead atoms. The lowest BCUT2D eigenvalue weighted by molar-refractivity contribution is 1.55. The van der Waals surface area contributed by atoms with Crippen LogP contribution in [0.25, 0.3) is 55.3 Å². The van der Waals surface area contributed by atoms with E-state index in [1.165, 1.54) is 62.4 Å². The Balaban J connectivity index is 1.93. The third-order valence-corrected chi connectivity index (χ3v) is 9.42. The molecule has 0 aliphatic carbocycles. The number of hydrogen-bond acceptors (Lipinski definition) is 0. The average molecular weight is 684 g/mol. The van der Waals surface area contributed by atoms with Crippen LogP contribution in [0.2, 0.25) is 0 Å². The highest BCUT2D eigenvalue weighted by molar-refractivity contribution is 14.1. The van der Waals surface area contributed by atoms with Crippen molar-refractivity contribution in [3.63, 3.8) is 0 Å². The first-order chi connectivity index (χ1) is 17.7. The molecule has 6 rings (SSSR count). The summed E-state index contributed by atoms with van der Waals surface area (Å²) in [7, 11) is 0.